The fraction of sp³-hybridized carbons (Fsp3) is 0.143. The molecule has 7 nitrogen and oxygen atoms in total. The molecule has 0 radical (unpaired) electrons. The molecule has 1 aromatic carbocycles. The summed E-state index contributed by atoms with van der Waals surface area (Å²) in [5.74, 6) is 1.05. The lowest BCUT2D eigenvalue weighted by Crippen LogP contribution is -2.09. The molecule has 0 amide bonds. The van der Waals surface area contributed by atoms with Gasteiger partial charge in [0.2, 0.25) is 0 Å². The van der Waals surface area contributed by atoms with E-state index in [1.165, 1.54) is 6.33 Å². The number of hydrogen-bond acceptors (Lipinski definition) is 6. The molecule has 0 aliphatic rings. The van der Waals surface area contributed by atoms with Gasteiger partial charge < -0.3 is 10.5 Å². The Morgan fingerprint density at radius 3 is 2.77 bits per heavy atom. The van der Waals surface area contributed by atoms with Crippen LogP contribution >= 0.6 is 15.9 Å². The minimum Gasteiger partial charge on any atom is -0.492 e. The number of rotatable bonds is 4. The van der Waals surface area contributed by atoms with E-state index in [9.17, 15) is 0 Å². The van der Waals surface area contributed by atoms with Gasteiger partial charge in [-0.05, 0) is 40.2 Å². The van der Waals surface area contributed by atoms with E-state index in [2.05, 4.69) is 37.0 Å². The SMILES string of the molecule is N#Cc1ccc(OCCn2c(Br)nc3c(N)ncnc32)cc1. The van der Waals surface area contributed by atoms with Crippen molar-refractivity contribution in [3.05, 3.63) is 40.9 Å². The first-order valence-electron chi connectivity index (χ1n) is 6.44. The zero-order valence-electron chi connectivity index (χ0n) is 11.4. The summed E-state index contributed by atoms with van der Waals surface area (Å²) in [5, 5.41) is 8.75. The second-order valence-electron chi connectivity index (χ2n) is 4.45. The largest absolute Gasteiger partial charge is 0.492 e. The molecular formula is C14H11BrN6O. The highest BCUT2D eigenvalue weighted by molar-refractivity contribution is 9.10. The minimum absolute atomic E-state index is 0.345. The Hall–Kier alpha value is -2.66. The van der Waals surface area contributed by atoms with Crippen LogP contribution in [0.1, 0.15) is 5.56 Å². The molecule has 2 heterocycles. The second-order valence-corrected chi connectivity index (χ2v) is 5.16. The van der Waals surface area contributed by atoms with Crippen LogP contribution < -0.4 is 10.5 Å². The molecule has 110 valence electrons. The van der Waals surface area contributed by atoms with Crippen molar-refractivity contribution >= 4 is 32.9 Å². The molecule has 2 N–H and O–H groups in total. The molecule has 2 aromatic heterocycles. The highest BCUT2D eigenvalue weighted by Crippen LogP contribution is 2.21. The minimum atomic E-state index is 0.345. The van der Waals surface area contributed by atoms with Crippen molar-refractivity contribution in [1.29, 1.82) is 5.26 Å². The van der Waals surface area contributed by atoms with E-state index in [1.807, 2.05) is 4.57 Å². The predicted molar refractivity (Wildman–Crippen MR) is 84.1 cm³/mol. The van der Waals surface area contributed by atoms with Gasteiger partial charge >= 0.3 is 0 Å². The lowest BCUT2D eigenvalue weighted by Gasteiger charge is -2.08. The average molecular weight is 359 g/mol. The van der Waals surface area contributed by atoms with Gasteiger partial charge in [-0.2, -0.15) is 5.26 Å². The van der Waals surface area contributed by atoms with E-state index >= 15 is 0 Å². The van der Waals surface area contributed by atoms with Gasteiger partial charge in [-0.15, -0.1) is 0 Å². The fourth-order valence-corrected chi connectivity index (χ4v) is 2.53. The van der Waals surface area contributed by atoms with Gasteiger partial charge in [0.15, 0.2) is 21.7 Å². The Labute approximate surface area is 134 Å². The lowest BCUT2D eigenvalue weighted by atomic mass is 10.2. The monoisotopic (exact) mass is 358 g/mol. The first kappa shape index (κ1) is 14.3. The van der Waals surface area contributed by atoms with Crippen molar-refractivity contribution in [3.8, 4) is 11.8 Å². The first-order valence-corrected chi connectivity index (χ1v) is 7.23. The molecule has 3 aromatic rings. The molecule has 3 rings (SSSR count). The van der Waals surface area contributed by atoms with Crippen LogP contribution in [0.4, 0.5) is 5.82 Å². The van der Waals surface area contributed by atoms with Crippen molar-refractivity contribution in [3.63, 3.8) is 0 Å². The van der Waals surface area contributed by atoms with E-state index in [0.717, 1.165) is 0 Å². The molecule has 0 spiro atoms. The number of imidazole rings is 1. The van der Waals surface area contributed by atoms with Crippen LogP contribution in [0, 0.1) is 11.3 Å². The summed E-state index contributed by atoms with van der Waals surface area (Å²) in [5.41, 5.74) is 7.60. The summed E-state index contributed by atoms with van der Waals surface area (Å²) in [6, 6.07) is 9.02. The third kappa shape index (κ3) is 2.71. The quantitative estimate of drug-likeness (QED) is 0.716. The zero-order valence-corrected chi connectivity index (χ0v) is 13.0. The maximum absolute atomic E-state index is 8.75. The van der Waals surface area contributed by atoms with Gasteiger partial charge in [0.05, 0.1) is 18.2 Å². The van der Waals surface area contributed by atoms with Crippen molar-refractivity contribution < 1.29 is 4.74 Å². The third-order valence-corrected chi connectivity index (χ3v) is 3.69. The molecule has 22 heavy (non-hydrogen) atoms. The number of nitrogens with zero attached hydrogens (tertiary/aromatic N) is 5. The van der Waals surface area contributed by atoms with E-state index < -0.39 is 0 Å². The molecule has 0 aliphatic heterocycles. The molecular weight excluding hydrogens is 348 g/mol. The summed E-state index contributed by atoms with van der Waals surface area (Å²) in [7, 11) is 0. The number of benzene rings is 1. The third-order valence-electron chi connectivity index (χ3n) is 3.08. The molecule has 8 heteroatoms. The van der Waals surface area contributed by atoms with Crippen LogP contribution in [0.15, 0.2) is 35.3 Å². The number of nitrogen functional groups attached to an aromatic ring is 1. The van der Waals surface area contributed by atoms with Gasteiger partial charge in [0, 0.05) is 0 Å². The number of anilines is 1. The van der Waals surface area contributed by atoms with Gasteiger partial charge in [-0.25, -0.2) is 15.0 Å². The first-order chi connectivity index (χ1) is 10.7. The topological polar surface area (TPSA) is 103 Å². The highest BCUT2D eigenvalue weighted by Gasteiger charge is 2.12. The van der Waals surface area contributed by atoms with Gasteiger partial charge in [-0.1, -0.05) is 0 Å². The smallest absolute Gasteiger partial charge is 0.179 e. The molecule has 0 fully saturated rings. The van der Waals surface area contributed by atoms with Crippen molar-refractivity contribution in [2.75, 3.05) is 12.3 Å². The second kappa shape index (κ2) is 5.99. The Kier molecular flexibility index (Phi) is 3.89. The van der Waals surface area contributed by atoms with E-state index in [1.54, 1.807) is 24.3 Å². The molecule has 0 unspecified atom stereocenters. The Balaban J connectivity index is 1.73. The van der Waals surface area contributed by atoms with Gasteiger partial charge in [0.1, 0.15) is 18.7 Å². The Morgan fingerprint density at radius 1 is 1.27 bits per heavy atom. The van der Waals surface area contributed by atoms with Crippen LogP contribution in [-0.2, 0) is 6.54 Å². The van der Waals surface area contributed by atoms with Gasteiger partial charge in [0.25, 0.3) is 0 Å². The Morgan fingerprint density at radius 2 is 2.05 bits per heavy atom. The summed E-state index contributed by atoms with van der Waals surface area (Å²) >= 11 is 3.39. The number of hydrogen-bond donors (Lipinski definition) is 1. The fourth-order valence-electron chi connectivity index (χ4n) is 2.01. The maximum Gasteiger partial charge on any atom is 0.179 e. The van der Waals surface area contributed by atoms with Crippen molar-refractivity contribution in [2.24, 2.45) is 0 Å². The normalized spacial score (nSPS) is 10.5. The summed E-state index contributed by atoms with van der Waals surface area (Å²) in [6.45, 7) is 0.980. The lowest BCUT2D eigenvalue weighted by molar-refractivity contribution is 0.298. The number of ether oxygens (including phenoxy) is 1. The van der Waals surface area contributed by atoms with E-state index in [0.29, 0.717) is 46.2 Å². The highest BCUT2D eigenvalue weighted by atomic mass is 79.9. The van der Waals surface area contributed by atoms with Crippen LogP contribution in [0.25, 0.3) is 11.2 Å². The number of fused-ring (bicyclic) bond motifs is 1. The molecule has 0 atom stereocenters. The summed E-state index contributed by atoms with van der Waals surface area (Å²) in [6.07, 6.45) is 1.41. The molecule has 0 saturated carbocycles. The van der Waals surface area contributed by atoms with Crippen LogP contribution in [-0.4, -0.2) is 26.1 Å². The number of aromatic nitrogens is 4. The van der Waals surface area contributed by atoms with E-state index in [4.69, 9.17) is 15.7 Å². The maximum atomic E-state index is 8.75. The van der Waals surface area contributed by atoms with Crippen molar-refractivity contribution in [1.82, 2.24) is 19.5 Å². The van der Waals surface area contributed by atoms with Crippen molar-refractivity contribution in [2.45, 2.75) is 6.54 Å². The Bertz CT molecular complexity index is 852. The average Bonchev–Trinajstić information content (AvgIpc) is 2.86. The van der Waals surface area contributed by atoms with Gasteiger partial charge in [-0.3, -0.25) is 4.57 Å². The standard InChI is InChI=1S/C14H11BrN6O/c15-14-20-11-12(17)18-8-19-13(11)21(14)5-6-22-10-3-1-9(7-16)2-4-10/h1-4,8H,5-6H2,(H2,17,18,19). The number of halogens is 1. The van der Waals surface area contributed by atoms with E-state index in [-0.39, 0.29) is 0 Å². The summed E-state index contributed by atoms with van der Waals surface area (Å²) in [4.78, 5) is 12.4. The van der Waals surface area contributed by atoms with Crippen LogP contribution in [0.2, 0.25) is 0 Å². The number of nitriles is 1. The zero-order chi connectivity index (χ0) is 15.5. The molecule has 0 bridgehead atoms. The summed E-state index contributed by atoms with van der Waals surface area (Å²) < 4.78 is 8.14. The number of nitrogens with two attached hydrogens (primary N) is 1. The molecule has 0 aliphatic carbocycles. The van der Waals surface area contributed by atoms with Crippen LogP contribution in [0.5, 0.6) is 5.75 Å². The van der Waals surface area contributed by atoms with Crippen LogP contribution in [0.3, 0.4) is 0 Å². The predicted octanol–water partition coefficient (Wildman–Crippen LogP) is 2.12. The molecule has 0 saturated heterocycles.